The minimum Gasteiger partial charge on any atom is -0.482 e. The first-order valence-corrected chi connectivity index (χ1v) is 9.43. The fourth-order valence-electron chi connectivity index (χ4n) is 2.37. The van der Waals surface area contributed by atoms with Crippen LogP contribution in [0, 0.1) is 13.8 Å². The van der Waals surface area contributed by atoms with Crippen molar-refractivity contribution < 1.29 is 27.5 Å². The Bertz CT molecular complexity index is 728. The summed E-state index contributed by atoms with van der Waals surface area (Å²) in [6.07, 6.45) is 0.387. The minimum absolute atomic E-state index is 0.0670. The van der Waals surface area contributed by atoms with E-state index in [0.717, 1.165) is 11.1 Å². The van der Waals surface area contributed by atoms with E-state index in [1.54, 1.807) is 0 Å². The molecule has 8 heteroatoms. The van der Waals surface area contributed by atoms with Gasteiger partial charge in [-0.05, 0) is 37.5 Å². The number of carbonyl (C=O) groups excluding carboxylic acids is 2. The van der Waals surface area contributed by atoms with Crippen molar-refractivity contribution in [2.75, 3.05) is 24.7 Å². The summed E-state index contributed by atoms with van der Waals surface area (Å²) in [7, 11) is -3.06. The lowest BCUT2D eigenvalue weighted by molar-refractivity contribution is -0.150. The Balaban J connectivity index is 1.71. The van der Waals surface area contributed by atoms with Crippen LogP contribution in [0.1, 0.15) is 17.5 Å². The number of rotatable bonds is 6. The van der Waals surface area contributed by atoms with Crippen molar-refractivity contribution in [2.45, 2.75) is 26.3 Å². The molecule has 0 spiro atoms. The molecule has 7 nitrogen and oxygen atoms in total. The Kier molecular flexibility index (Phi) is 5.82. The lowest BCUT2D eigenvalue weighted by atomic mass is 10.1. The Labute approximate surface area is 141 Å². The zero-order chi connectivity index (χ0) is 17.7. The summed E-state index contributed by atoms with van der Waals surface area (Å²) in [5.74, 6) is -0.584. The smallest absolute Gasteiger partial charge is 0.344 e. The van der Waals surface area contributed by atoms with Gasteiger partial charge in [-0.25, -0.2) is 13.2 Å². The summed E-state index contributed by atoms with van der Waals surface area (Å²) in [6, 6.07) is 5.23. The summed E-state index contributed by atoms with van der Waals surface area (Å²) >= 11 is 0. The molecule has 1 aliphatic heterocycles. The van der Waals surface area contributed by atoms with E-state index in [1.165, 1.54) is 0 Å². The number of hydrogen-bond acceptors (Lipinski definition) is 6. The first kappa shape index (κ1) is 18.3. The van der Waals surface area contributed by atoms with Gasteiger partial charge in [0.1, 0.15) is 5.75 Å². The number of carbonyl (C=O) groups is 2. The van der Waals surface area contributed by atoms with Gasteiger partial charge in [0.2, 0.25) is 0 Å². The van der Waals surface area contributed by atoms with Crippen LogP contribution in [0.4, 0.5) is 0 Å². The maximum absolute atomic E-state index is 11.7. The average Bonchev–Trinajstić information content (AvgIpc) is 2.85. The molecule has 2 rings (SSSR count). The number of benzene rings is 1. The normalized spacial score (nSPS) is 18.8. The number of hydrogen-bond donors (Lipinski definition) is 1. The summed E-state index contributed by atoms with van der Waals surface area (Å²) in [6.45, 7) is 3.03. The quantitative estimate of drug-likeness (QED) is 0.748. The predicted octanol–water partition coefficient (Wildman–Crippen LogP) is 0.529. The molecule has 0 radical (unpaired) electrons. The molecule has 0 saturated carbocycles. The van der Waals surface area contributed by atoms with Crippen molar-refractivity contribution in [1.29, 1.82) is 0 Å². The number of nitrogens with one attached hydrogen (secondary N) is 1. The third-order valence-electron chi connectivity index (χ3n) is 3.65. The molecule has 1 fully saturated rings. The molecular weight excluding hydrogens is 334 g/mol. The van der Waals surface area contributed by atoms with Crippen molar-refractivity contribution in [1.82, 2.24) is 5.32 Å². The van der Waals surface area contributed by atoms with Crippen molar-refractivity contribution in [3.05, 3.63) is 29.3 Å². The molecule has 1 saturated heterocycles. The van der Waals surface area contributed by atoms with Crippen molar-refractivity contribution in [3.63, 3.8) is 0 Å². The Morgan fingerprint density at radius 2 is 2.00 bits per heavy atom. The topological polar surface area (TPSA) is 98.8 Å². The molecule has 1 heterocycles. The number of ether oxygens (including phenoxy) is 2. The fourth-order valence-corrected chi connectivity index (χ4v) is 4.04. The highest BCUT2D eigenvalue weighted by atomic mass is 32.2. The third-order valence-corrected chi connectivity index (χ3v) is 5.42. The third kappa shape index (κ3) is 5.52. The van der Waals surface area contributed by atoms with Crippen LogP contribution < -0.4 is 10.1 Å². The summed E-state index contributed by atoms with van der Waals surface area (Å²) < 4.78 is 32.8. The Hall–Kier alpha value is -2.09. The second-order valence-corrected chi connectivity index (χ2v) is 8.11. The van der Waals surface area contributed by atoms with Crippen LogP contribution >= 0.6 is 0 Å². The first-order chi connectivity index (χ1) is 11.2. The van der Waals surface area contributed by atoms with Crippen LogP contribution in [0.5, 0.6) is 5.75 Å². The van der Waals surface area contributed by atoms with Gasteiger partial charge < -0.3 is 14.8 Å². The van der Waals surface area contributed by atoms with Gasteiger partial charge in [0.15, 0.2) is 23.1 Å². The summed E-state index contributed by atoms with van der Waals surface area (Å²) in [5.41, 5.74) is 1.91. The van der Waals surface area contributed by atoms with E-state index in [9.17, 15) is 18.0 Å². The number of esters is 1. The minimum atomic E-state index is -3.06. The van der Waals surface area contributed by atoms with Gasteiger partial charge >= 0.3 is 5.97 Å². The predicted molar refractivity (Wildman–Crippen MR) is 87.6 cm³/mol. The zero-order valence-electron chi connectivity index (χ0n) is 13.7. The van der Waals surface area contributed by atoms with E-state index < -0.39 is 34.4 Å². The van der Waals surface area contributed by atoms with Gasteiger partial charge in [0.05, 0.1) is 11.5 Å². The molecule has 0 aromatic heterocycles. The zero-order valence-corrected chi connectivity index (χ0v) is 14.5. The molecule has 1 atom stereocenters. The van der Waals surface area contributed by atoms with Gasteiger partial charge in [-0.2, -0.15) is 0 Å². The maximum Gasteiger partial charge on any atom is 0.344 e. The van der Waals surface area contributed by atoms with E-state index in [1.807, 2.05) is 32.0 Å². The highest BCUT2D eigenvalue weighted by molar-refractivity contribution is 7.91. The molecule has 24 heavy (non-hydrogen) atoms. The standard InChI is InChI=1S/C16H21NO6S/c1-11-3-4-12(2)14(7-11)22-9-16(19)23-8-15(18)17-13-5-6-24(20,21)10-13/h3-4,7,13H,5-6,8-10H2,1-2H3,(H,17,18)/t13-/m0/s1. The monoisotopic (exact) mass is 355 g/mol. The second-order valence-electron chi connectivity index (χ2n) is 5.89. The Morgan fingerprint density at radius 1 is 1.25 bits per heavy atom. The van der Waals surface area contributed by atoms with Gasteiger partial charge in [0, 0.05) is 6.04 Å². The van der Waals surface area contributed by atoms with Crippen LogP contribution in [-0.2, 0) is 24.2 Å². The second kappa shape index (κ2) is 7.65. The number of aryl methyl sites for hydroxylation is 2. The van der Waals surface area contributed by atoms with Crippen molar-refractivity contribution in [3.8, 4) is 5.75 Å². The molecule has 0 unspecified atom stereocenters. The summed E-state index contributed by atoms with van der Waals surface area (Å²) in [4.78, 5) is 23.3. The van der Waals surface area contributed by atoms with E-state index in [0.29, 0.717) is 12.2 Å². The SMILES string of the molecule is Cc1ccc(C)c(OCC(=O)OCC(=O)N[C@H]2CCS(=O)(=O)C2)c1. The van der Waals surface area contributed by atoms with Crippen LogP contribution in [0.25, 0.3) is 0 Å². The maximum atomic E-state index is 11.7. The van der Waals surface area contributed by atoms with E-state index in [4.69, 9.17) is 9.47 Å². The molecule has 1 aliphatic rings. The molecule has 1 aromatic rings. The van der Waals surface area contributed by atoms with Crippen LogP contribution in [0.2, 0.25) is 0 Å². The largest absolute Gasteiger partial charge is 0.482 e. The molecule has 1 N–H and O–H groups in total. The molecule has 0 aliphatic carbocycles. The first-order valence-electron chi connectivity index (χ1n) is 7.60. The molecule has 0 bridgehead atoms. The van der Waals surface area contributed by atoms with E-state index >= 15 is 0 Å². The average molecular weight is 355 g/mol. The van der Waals surface area contributed by atoms with E-state index in [2.05, 4.69) is 5.32 Å². The van der Waals surface area contributed by atoms with Gasteiger partial charge in [0.25, 0.3) is 5.91 Å². The molecular formula is C16H21NO6S. The lowest BCUT2D eigenvalue weighted by Gasteiger charge is -2.12. The van der Waals surface area contributed by atoms with Crippen LogP contribution in [-0.4, -0.2) is 51.1 Å². The fraction of sp³-hybridized carbons (Fsp3) is 0.500. The van der Waals surface area contributed by atoms with Gasteiger partial charge in [-0.15, -0.1) is 0 Å². The van der Waals surface area contributed by atoms with Crippen molar-refractivity contribution in [2.24, 2.45) is 0 Å². The number of sulfone groups is 1. The number of amides is 1. The van der Waals surface area contributed by atoms with Crippen LogP contribution in [0.15, 0.2) is 18.2 Å². The molecule has 1 amide bonds. The van der Waals surface area contributed by atoms with Crippen LogP contribution in [0.3, 0.4) is 0 Å². The molecule has 132 valence electrons. The van der Waals surface area contributed by atoms with Gasteiger partial charge in [-0.3, -0.25) is 4.79 Å². The highest BCUT2D eigenvalue weighted by Gasteiger charge is 2.29. The van der Waals surface area contributed by atoms with Crippen molar-refractivity contribution >= 4 is 21.7 Å². The highest BCUT2D eigenvalue weighted by Crippen LogP contribution is 2.18. The van der Waals surface area contributed by atoms with E-state index in [-0.39, 0.29) is 18.1 Å². The Morgan fingerprint density at radius 3 is 2.67 bits per heavy atom. The lowest BCUT2D eigenvalue weighted by Crippen LogP contribution is -2.38. The summed E-state index contributed by atoms with van der Waals surface area (Å²) in [5, 5.41) is 2.54. The van der Waals surface area contributed by atoms with Gasteiger partial charge in [-0.1, -0.05) is 12.1 Å². The molecule has 1 aromatic carbocycles.